The number of amides is 2. The summed E-state index contributed by atoms with van der Waals surface area (Å²) in [4.78, 5) is 29.8. The first-order chi connectivity index (χ1) is 8.61. The topological polar surface area (TPSA) is 62.3 Å². The maximum atomic E-state index is 12.4. The van der Waals surface area contributed by atoms with Crippen molar-refractivity contribution in [3.05, 3.63) is 30.1 Å². The maximum Gasteiger partial charge on any atom is 0.254 e. The van der Waals surface area contributed by atoms with Crippen LogP contribution in [-0.2, 0) is 4.79 Å². The minimum Gasteiger partial charge on any atom is -0.353 e. The Morgan fingerprint density at radius 3 is 2.72 bits per heavy atom. The van der Waals surface area contributed by atoms with Crippen LogP contribution in [0.2, 0.25) is 0 Å². The first-order valence-corrected chi connectivity index (χ1v) is 6.10. The molecular weight excluding hydrogens is 230 g/mol. The third-order valence-electron chi connectivity index (χ3n) is 3.08. The van der Waals surface area contributed by atoms with E-state index < -0.39 is 0 Å². The molecule has 5 nitrogen and oxygen atoms in total. The van der Waals surface area contributed by atoms with Crippen molar-refractivity contribution in [3.63, 3.8) is 0 Å². The highest BCUT2D eigenvalue weighted by Gasteiger charge is 2.35. The Bertz CT molecular complexity index is 445. The Balaban J connectivity index is 2.25. The smallest absolute Gasteiger partial charge is 0.254 e. The number of nitrogens with one attached hydrogen (secondary N) is 1. The normalized spacial score (nSPS) is 19.8. The van der Waals surface area contributed by atoms with Crippen LogP contribution in [-0.4, -0.2) is 40.8 Å². The number of aromatic nitrogens is 1. The first kappa shape index (κ1) is 12.5. The molecule has 2 amide bonds. The van der Waals surface area contributed by atoms with Crippen LogP contribution in [0, 0.1) is 5.92 Å². The number of rotatable bonds is 2. The monoisotopic (exact) mass is 247 g/mol. The average Bonchev–Trinajstić information content (AvgIpc) is 2.38. The molecule has 0 radical (unpaired) electrons. The highest BCUT2D eigenvalue weighted by atomic mass is 16.2. The quantitative estimate of drug-likeness (QED) is 0.836. The number of piperazine rings is 1. The number of hydrogen-bond acceptors (Lipinski definition) is 3. The highest BCUT2D eigenvalue weighted by Crippen LogP contribution is 2.17. The van der Waals surface area contributed by atoms with Crippen molar-refractivity contribution in [3.8, 4) is 0 Å². The molecule has 1 aromatic heterocycles. The van der Waals surface area contributed by atoms with Gasteiger partial charge in [0.15, 0.2) is 0 Å². The summed E-state index contributed by atoms with van der Waals surface area (Å²) in [6, 6.07) is 2.96. The zero-order valence-corrected chi connectivity index (χ0v) is 10.6. The zero-order chi connectivity index (χ0) is 13.1. The molecule has 2 rings (SSSR count). The largest absolute Gasteiger partial charge is 0.353 e. The Morgan fingerprint density at radius 2 is 2.11 bits per heavy atom. The van der Waals surface area contributed by atoms with E-state index in [1.165, 1.54) is 0 Å². The Labute approximate surface area is 106 Å². The average molecular weight is 247 g/mol. The van der Waals surface area contributed by atoms with Crippen molar-refractivity contribution in [2.24, 2.45) is 5.92 Å². The van der Waals surface area contributed by atoms with Crippen molar-refractivity contribution < 1.29 is 9.59 Å². The molecule has 1 unspecified atom stereocenters. The summed E-state index contributed by atoms with van der Waals surface area (Å²) < 4.78 is 0. The number of nitrogens with zero attached hydrogens (tertiary/aromatic N) is 2. The van der Waals surface area contributed by atoms with Crippen molar-refractivity contribution in [2.45, 2.75) is 19.9 Å². The fourth-order valence-corrected chi connectivity index (χ4v) is 2.24. The van der Waals surface area contributed by atoms with Gasteiger partial charge in [0.25, 0.3) is 5.91 Å². The minimum absolute atomic E-state index is 0.0707. The minimum atomic E-state index is -0.389. The van der Waals surface area contributed by atoms with Crippen LogP contribution in [0.25, 0.3) is 0 Å². The molecule has 18 heavy (non-hydrogen) atoms. The van der Waals surface area contributed by atoms with Gasteiger partial charge in [0, 0.05) is 31.0 Å². The third-order valence-corrected chi connectivity index (χ3v) is 3.08. The fourth-order valence-electron chi connectivity index (χ4n) is 2.24. The van der Waals surface area contributed by atoms with Gasteiger partial charge < -0.3 is 10.2 Å². The van der Waals surface area contributed by atoms with E-state index in [0.717, 1.165) is 0 Å². The molecule has 0 aliphatic carbocycles. The Hall–Kier alpha value is -1.91. The molecule has 0 spiro atoms. The van der Waals surface area contributed by atoms with Gasteiger partial charge in [0.1, 0.15) is 6.04 Å². The van der Waals surface area contributed by atoms with Gasteiger partial charge in [-0.1, -0.05) is 13.8 Å². The van der Waals surface area contributed by atoms with E-state index in [-0.39, 0.29) is 23.8 Å². The lowest BCUT2D eigenvalue weighted by Gasteiger charge is -2.37. The van der Waals surface area contributed by atoms with Gasteiger partial charge in [-0.15, -0.1) is 0 Å². The third kappa shape index (κ3) is 2.34. The molecule has 1 N–H and O–H groups in total. The van der Waals surface area contributed by atoms with Crippen LogP contribution in [0.1, 0.15) is 24.2 Å². The summed E-state index contributed by atoms with van der Waals surface area (Å²) in [5, 5.41) is 2.80. The predicted molar refractivity (Wildman–Crippen MR) is 66.9 cm³/mol. The second kappa shape index (κ2) is 5.16. The van der Waals surface area contributed by atoms with E-state index in [2.05, 4.69) is 10.3 Å². The lowest BCUT2D eigenvalue weighted by molar-refractivity contribution is -0.129. The summed E-state index contributed by atoms with van der Waals surface area (Å²) in [6.07, 6.45) is 3.17. The van der Waals surface area contributed by atoms with Gasteiger partial charge in [0.05, 0.1) is 0 Å². The molecule has 96 valence electrons. The molecule has 2 heterocycles. The lowest BCUT2D eigenvalue weighted by Crippen LogP contribution is -2.59. The Morgan fingerprint density at radius 1 is 1.44 bits per heavy atom. The van der Waals surface area contributed by atoms with E-state index in [9.17, 15) is 9.59 Å². The van der Waals surface area contributed by atoms with Crippen LogP contribution in [0.3, 0.4) is 0 Å². The summed E-state index contributed by atoms with van der Waals surface area (Å²) >= 11 is 0. The van der Waals surface area contributed by atoms with Crippen LogP contribution >= 0.6 is 0 Å². The van der Waals surface area contributed by atoms with E-state index in [4.69, 9.17) is 0 Å². The molecule has 5 heteroatoms. The van der Waals surface area contributed by atoms with Gasteiger partial charge in [-0.2, -0.15) is 0 Å². The van der Waals surface area contributed by atoms with E-state index in [1.807, 2.05) is 13.8 Å². The van der Waals surface area contributed by atoms with Gasteiger partial charge in [-0.05, 0) is 18.1 Å². The Kier molecular flexibility index (Phi) is 3.60. The van der Waals surface area contributed by atoms with Crippen molar-refractivity contribution in [2.75, 3.05) is 13.1 Å². The van der Waals surface area contributed by atoms with Gasteiger partial charge in [-0.25, -0.2) is 0 Å². The first-order valence-electron chi connectivity index (χ1n) is 6.10. The fraction of sp³-hybridized carbons (Fsp3) is 0.462. The van der Waals surface area contributed by atoms with Crippen molar-refractivity contribution in [1.29, 1.82) is 0 Å². The highest BCUT2D eigenvalue weighted by molar-refractivity contribution is 5.98. The maximum absolute atomic E-state index is 12.4. The molecule has 1 saturated heterocycles. The van der Waals surface area contributed by atoms with Crippen LogP contribution in [0.4, 0.5) is 0 Å². The number of pyridine rings is 1. The molecular formula is C13H17N3O2. The van der Waals surface area contributed by atoms with E-state index in [0.29, 0.717) is 18.7 Å². The predicted octanol–water partition coefficient (Wildman–Crippen LogP) is 0.678. The van der Waals surface area contributed by atoms with Crippen molar-refractivity contribution >= 4 is 11.8 Å². The zero-order valence-electron chi connectivity index (χ0n) is 10.6. The molecule has 0 saturated carbocycles. The summed E-state index contributed by atoms with van der Waals surface area (Å²) in [5.41, 5.74) is 0.574. The van der Waals surface area contributed by atoms with Gasteiger partial charge >= 0.3 is 0 Å². The second-order valence-corrected chi connectivity index (χ2v) is 4.71. The van der Waals surface area contributed by atoms with Crippen molar-refractivity contribution in [1.82, 2.24) is 15.2 Å². The molecule has 0 bridgehead atoms. The molecule has 1 atom stereocenters. The molecule has 1 aromatic rings. The standard InChI is InChI=1S/C13H17N3O2/c1-9(2)11-12(17)15-7-8-16(11)13(18)10-3-5-14-6-4-10/h3-6,9,11H,7-8H2,1-2H3,(H,15,17). The summed E-state index contributed by atoms with van der Waals surface area (Å²) in [5.74, 6) is -0.0827. The molecule has 1 aliphatic heterocycles. The summed E-state index contributed by atoms with van der Waals surface area (Å²) in [7, 11) is 0. The number of carbonyl (C=O) groups is 2. The summed E-state index contributed by atoms with van der Waals surface area (Å²) in [6.45, 7) is 4.96. The van der Waals surface area contributed by atoms with Gasteiger partial charge in [-0.3, -0.25) is 14.6 Å². The second-order valence-electron chi connectivity index (χ2n) is 4.71. The van der Waals surface area contributed by atoms with Crippen LogP contribution in [0.15, 0.2) is 24.5 Å². The molecule has 1 fully saturated rings. The van der Waals surface area contributed by atoms with Crippen LogP contribution < -0.4 is 5.32 Å². The van der Waals surface area contributed by atoms with Gasteiger partial charge in [0.2, 0.25) is 5.91 Å². The lowest BCUT2D eigenvalue weighted by atomic mass is 9.99. The van der Waals surface area contributed by atoms with Crippen LogP contribution in [0.5, 0.6) is 0 Å². The number of hydrogen-bond donors (Lipinski definition) is 1. The number of carbonyl (C=O) groups excluding carboxylic acids is 2. The SMILES string of the molecule is CC(C)C1C(=O)NCCN1C(=O)c1ccncc1. The van der Waals surface area contributed by atoms with E-state index in [1.54, 1.807) is 29.4 Å². The molecule has 1 aliphatic rings. The molecule has 0 aromatic carbocycles. The van der Waals surface area contributed by atoms with E-state index >= 15 is 0 Å².